The number of nitrogens with zero attached hydrogens (tertiary/aromatic N) is 3. The van der Waals surface area contributed by atoms with Gasteiger partial charge in [-0.3, -0.25) is 14.8 Å². The normalized spacial score (nSPS) is 17.8. The Bertz CT molecular complexity index is 1430. The molecule has 2 amide bonds. The molecule has 12 heteroatoms. The number of aromatic nitrogens is 1. The molecule has 1 saturated heterocycles. The Hall–Kier alpha value is -3.25. The first-order valence-corrected chi connectivity index (χ1v) is 13.9. The largest absolute Gasteiger partial charge is 0.489 e. The molecular formula is C25H27ClN4O6S. The first kappa shape index (κ1) is 26.8. The van der Waals surface area contributed by atoms with Crippen molar-refractivity contribution < 1.29 is 28.0 Å². The maximum atomic E-state index is 13.1. The minimum Gasteiger partial charge on any atom is -0.489 e. The zero-order valence-corrected chi connectivity index (χ0v) is 21.7. The van der Waals surface area contributed by atoms with Gasteiger partial charge in [0.25, 0.3) is 5.91 Å². The Morgan fingerprint density at radius 2 is 1.95 bits per heavy atom. The van der Waals surface area contributed by atoms with Crippen LogP contribution in [-0.2, 0) is 31.6 Å². The van der Waals surface area contributed by atoms with Crippen LogP contribution in [0.4, 0.5) is 0 Å². The monoisotopic (exact) mass is 546 g/mol. The number of benzene rings is 2. The number of amides is 2. The second-order valence-corrected chi connectivity index (χ2v) is 11.7. The third-order valence-electron chi connectivity index (χ3n) is 6.27. The molecular weight excluding hydrogens is 520 g/mol. The van der Waals surface area contributed by atoms with Crippen molar-refractivity contribution in [2.75, 3.05) is 31.6 Å². The van der Waals surface area contributed by atoms with Crippen LogP contribution < -0.4 is 10.5 Å². The number of hydrogen-bond acceptors (Lipinski definition) is 8. The summed E-state index contributed by atoms with van der Waals surface area (Å²) in [5, 5.41) is 11.5. The maximum absolute atomic E-state index is 13.1. The van der Waals surface area contributed by atoms with Crippen LogP contribution in [0.25, 0.3) is 10.9 Å². The molecule has 1 unspecified atom stereocenters. The molecule has 10 nitrogen and oxygen atoms in total. The summed E-state index contributed by atoms with van der Waals surface area (Å²) in [6.45, 7) is -0.297. The summed E-state index contributed by atoms with van der Waals surface area (Å²) in [7, 11) is -3.35. The quantitative estimate of drug-likeness (QED) is 0.236. The van der Waals surface area contributed by atoms with E-state index >= 15 is 0 Å². The van der Waals surface area contributed by atoms with Crippen molar-refractivity contribution >= 4 is 44.2 Å². The predicted molar refractivity (Wildman–Crippen MR) is 138 cm³/mol. The molecule has 4 rings (SSSR count). The number of halogens is 1. The lowest BCUT2D eigenvalue weighted by Crippen LogP contribution is -2.48. The lowest BCUT2D eigenvalue weighted by molar-refractivity contribution is -0.166. The van der Waals surface area contributed by atoms with E-state index in [1.807, 2.05) is 24.3 Å². The van der Waals surface area contributed by atoms with Crippen LogP contribution in [0.3, 0.4) is 0 Å². The van der Waals surface area contributed by atoms with Crippen LogP contribution in [0, 0.1) is 0 Å². The Labute approximate surface area is 219 Å². The Kier molecular flexibility index (Phi) is 7.69. The zero-order chi connectivity index (χ0) is 26.8. The van der Waals surface area contributed by atoms with Gasteiger partial charge in [-0.05, 0) is 36.2 Å². The Morgan fingerprint density at radius 1 is 1.24 bits per heavy atom. The molecule has 196 valence electrons. The van der Waals surface area contributed by atoms with Crippen molar-refractivity contribution in [3.8, 4) is 5.75 Å². The number of fused-ring (bicyclic) bond motifs is 1. The Morgan fingerprint density at radius 3 is 2.65 bits per heavy atom. The van der Waals surface area contributed by atoms with Gasteiger partial charge in [0.2, 0.25) is 5.91 Å². The molecule has 37 heavy (non-hydrogen) atoms. The van der Waals surface area contributed by atoms with Gasteiger partial charge in [-0.25, -0.2) is 18.5 Å². The van der Waals surface area contributed by atoms with Crippen molar-refractivity contribution in [3.05, 3.63) is 70.9 Å². The van der Waals surface area contributed by atoms with E-state index in [2.05, 4.69) is 4.98 Å². The second kappa shape index (κ2) is 10.6. The topological polar surface area (TPSA) is 143 Å². The van der Waals surface area contributed by atoms with Gasteiger partial charge in [-0.1, -0.05) is 41.9 Å². The number of hydroxylamine groups is 2. The molecule has 0 bridgehead atoms. The molecule has 1 aliphatic rings. The van der Waals surface area contributed by atoms with E-state index < -0.39 is 33.7 Å². The second-order valence-electron chi connectivity index (χ2n) is 9.03. The molecule has 0 spiro atoms. The standard InChI is InChI=1S/C25H27ClN4O6S/c1-37(34,35)13-12-30(33)23(31)15-29-11-10-25(27,24(29)32)18-6-8-19(9-7-18)36-16-17-14-22(26)28-21-5-3-2-4-20(17)21/h2-9,14,33H,10-13,15-16,27H2,1H3. The third-order valence-corrected chi connectivity index (χ3v) is 7.38. The van der Waals surface area contributed by atoms with Crippen LogP contribution in [0.15, 0.2) is 54.6 Å². The van der Waals surface area contributed by atoms with E-state index in [1.165, 1.54) is 4.90 Å². The van der Waals surface area contributed by atoms with Gasteiger partial charge in [0.05, 0.1) is 17.8 Å². The fourth-order valence-electron chi connectivity index (χ4n) is 4.18. The van der Waals surface area contributed by atoms with Crippen LogP contribution in [0.5, 0.6) is 5.75 Å². The highest BCUT2D eigenvalue weighted by Crippen LogP contribution is 2.32. The van der Waals surface area contributed by atoms with Gasteiger partial charge in [0.15, 0.2) is 0 Å². The fourth-order valence-corrected chi connectivity index (χ4v) is 4.91. The smallest absolute Gasteiger partial charge is 0.265 e. The predicted octanol–water partition coefficient (Wildman–Crippen LogP) is 2.12. The summed E-state index contributed by atoms with van der Waals surface area (Å²) in [6.07, 6.45) is 1.28. The lowest BCUT2D eigenvalue weighted by atomic mass is 9.89. The highest BCUT2D eigenvalue weighted by molar-refractivity contribution is 7.90. The summed E-state index contributed by atoms with van der Waals surface area (Å²) >= 11 is 6.14. The van der Waals surface area contributed by atoms with Gasteiger partial charge >= 0.3 is 0 Å². The minimum atomic E-state index is -3.35. The molecule has 3 aromatic rings. The molecule has 0 saturated carbocycles. The summed E-state index contributed by atoms with van der Waals surface area (Å²) < 4.78 is 28.4. The van der Waals surface area contributed by atoms with E-state index in [1.54, 1.807) is 30.3 Å². The van der Waals surface area contributed by atoms with Gasteiger partial charge in [-0.2, -0.15) is 0 Å². The van der Waals surface area contributed by atoms with E-state index in [9.17, 15) is 23.2 Å². The van der Waals surface area contributed by atoms with Crippen molar-refractivity contribution in [3.63, 3.8) is 0 Å². The van der Waals surface area contributed by atoms with E-state index in [0.29, 0.717) is 21.5 Å². The van der Waals surface area contributed by atoms with Gasteiger partial charge in [-0.15, -0.1) is 0 Å². The molecule has 1 aliphatic heterocycles. The number of likely N-dealkylation sites (tertiary alicyclic amines) is 1. The van der Waals surface area contributed by atoms with E-state index in [0.717, 1.165) is 22.7 Å². The molecule has 2 aromatic carbocycles. The summed E-state index contributed by atoms with van der Waals surface area (Å²) in [6, 6.07) is 16.2. The van der Waals surface area contributed by atoms with Crippen molar-refractivity contribution in [1.29, 1.82) is 0 Å². The number of ether oxygens (including phenoxy) is 1. The van der Waals surface area contributed by atoms with Crippen molar-refractivity contribution in [1.82, 2.24) is 14.9 Å². The highest BCUT2D eigenvalue weighted by Gasteiger charge is 2.45. The number of pyridine rings is 1. The first-order valence-electron chi connectivity index (χ1n) is 11.5. The molecule has 0 aliphatic carbocycles. The van der Waals surface area contributed by atoms with Gasteiger partial charge in [0, 0.05) is 23.8 Å². The number of carbonyl (C=O) groups excluding carboxylic acids is 2. The van der Waals surface area contributed by atoms with Crippen LogP contribution in [0.1, 0.15) is 17.5 Å². The molecule has 1 fully saturated rings. The zero-order valence-electron chi connectivity index (χ0n) is 20.1. The van der Waals surface area contributed by atoms with Crippen LogP contribution in [0.2, 0.25) is 5.15 Å². The number of carbonyl (C=O) groups is 2. The third kappa shape index (κ3) is 6.19. The van der Waals surface area contributed by atoms with Crippen molar-refractivity contribution in [2.45, 2.75) is 18.6 Å². The highest BCUT2D eigenvalue weighted by atomic mass is 35.5. The average molecular weight is 547 g/mol. The van der Waals surface area contributed by atoms with E-state index in [4.69, 9.17) is 22.1 Å². The van der Waals surface area contributed by atoms with E-state index in [-0.39, 0.29) is 31.9 Å². The molecule has 0 radical (unpaired) electrons. The lowest BCUT2D eigenvalue weighted by Gasteiger charge is -2.25. The summed E-state index contributed by atoms with van der Waals surface area (Å²) in [5.74, 6) is -1.05. The maximum Gasteiger partial charge on any atom is 0.265 e. The fraction of sp³-hybridized carbons (Fsp3) is 0.320. The summed E-state index contributed by atoms with van der Waals surface area (Å²) in [5.41, 5.74) is 7.35. The summed E-state index contributed by atoms with van der Waals surface area (Å²) in [4.78, 5) is 30.9. The number of nitrogens with two attached hydrogens (primary N) is 1. The van der Waals surface area contributed by atoms with Gasteiger partial charge < -0.3 is 15.4 Å². The first-order chi connectivity index (χ1) is 17.5. The Balaban J connectivity index is 1.39. The number of para-hydroxylation sites is 1. The van der Waals surface area contributed by atoms with Crippen molar-refractivity contribution in [2.24, 2.45) is 5.73 Å². The molecule has 2 heterocycles. The average Bonchev–Trinajstić information content (AvgIpc) is 3.15. The van der Waals surface area contributed by atoms with Crippen LogP contribution in [-0.4, -0.2) is 72.0 Å². The minimum absolute atomic E-state index is 0.217. The number of hydrogen-bond donors (Lipinski definition) is 2. The number of rotatable bonds is 9. The molecule has 1 atom stereocenters. The van der Waals surface area contributed by atoms with Crippen LogP contribution >= 0.6 is 11.6 Å². The molecule has 1 aromatic heterocycles. The van der Waals surface area contributed by atoms with Gasteiger partial charge in [0.1, 0.15) is 39.4 Å². The number of sulfone groups is 1. The molecule has 3 N–H and O–H groups in total. The SMILES string of the molecule is CS(=O)(=O)CCN(O)C(=O)CN1CCC(N)(c2ccc(OCc3cc(Cl)nc4ccccc34)cc2)C1=O.